The van der Waals surface area contributed by atoms with Crippen molar-refractivity contribution in [1.82, 2.24) is 19.6 Å². The topological polar surface area (TPSA) is 95.2 Å². The molecule has 2 fully saturated rings. The standard InChI is InChI=1S/C13H20N4O3S/c1-2-10-14-8-12(16-10)21(19,20)17-5-3-13(4-6-17)7-11(18)15-9-13/h8H,2-7,9H2,1H3,(H,14,16)(H,15,18). The highest BCUT2D eigenvalue weighted by Crippen LogP contribution is 2.38. The molecule has 0 bridgehead atoms. The number of carbonyl (C=O) groups excluding carboxylic acids is 1. The second kappa shape index (κ2) is 5.10. The molecular formula is C13H20N4O3S. The van der Waals surface area contributed by atoms with E-state index < -0.39 is 10.0 Å². The van der Waals surface area contributed by atoms with E-state index >= 15 is 0 Å². The number of imidazole rings is 1. The minimum atomic E-state index is -3.50. The third-order valence-corrected chi connectivity index (χ3v) is 6.35. The summed E-state index contributed by atoms with van der Waals surface area (Å²) in [6.07, 6.45) is 4.02. The summed E-state index contributed by atoms with van der Waals surface area (Å²) in [6.45, 7) is 3.50. The van der Waals surface area contributed by atoms with Gasteiger partial charge in [-0.2, -0.15) is 4.31 Å². The number of rotatable bonds is 3. The molecule has 3 rings (SSSR count). The summed E-state index contributed by atoms with van der Waals surface area (Å²) in [7, 11) is -3.50. The van der Waals surface area contributed by atoms with Crippen LogP contribution in [-0.2, 0) is 21.2 Å². The molecule has 21 heavy (non-hydrogen) atoms. The van der Waals surface area contributed by atoms with Crippen LogP contribution in [0.2, 0.25) is 0 Å². The molecule has 0 saturated carbocycles. The van der Waals surface area contributed by atoms with Crippen molar-refractivity contribution in [2.24, 2.45) is 5.41 Å². The number of nitrogens with zero attached hydrogens (tertiary/aromatic N) is 2. The van der Waals surface area contributed by atoms with Crippen molar-refractivity contribution in [3.05, 3.63) is 12.0 Å². The van der Waals surface area contributed by atoms with Gasteiger partial charge in [0.05, 0.1) is 6.20 Å². The zero-order chi connectivity index (χ0) is 15.1. The largest absolute Gasteiger partial charge is 0.356 e. The summed E-state index contributed by atoms with van der Waals surface area (Å²) in [5.74, 6) is 0.750. The van der Waals surface area contributed by atoms with Gasteiger partial charge in [-0.3, -0.25) is 4.79 Å². The molecule has 0 radical (unpaired) electrons. The SMILES string of the molecule is CCc1ncc(S(=O)(=O)N2CCC3(CC2)CNC(=O)C3)[nH]1. The Morgan fingerprint density at radius 2 is 2.10 bits per heavy atom. The fraction of sp³-hybridized carbons (Fsp3) is 0.692. The summed E-state index contributed by atoms with van der Waals surface area (Å²) in [5.41, 5.74) is -0.0499. The number of nitrogens with one attached hydrogen (secondary N) is 2. The Kier molecular flexibility index (Phi) is 3.53. The summed E-state index contributed by atoms with van der Waals surface area (Å²) >= 11 is 0. The predicted molar refractivity (Wildman–Crippen MR) is 76.0 cm³/mol. The zero-order valence-corrected chi connectivity index (χ0v) is 12.9. The Labute approximate surface area is 124 Å². The van der Waals surface area contributed by atoms with Gasteiger partial charge in [0.2, 0.25) is 5.91 Å². The lowest BCUT2D eigenvalue weighted by Crippen LogP contribution is -2.44. The summed E-state index contributed by atoms with van der Waals surface area (Å²) < 4.78 is 26.6. The fourth-order valence-electron chi connectivity index (χ4n) is 3.10. The molecule has 0 aliphatic carbocycles. The van der Waals surface area contributed by atoms with Crippen molar-refractivity contribution in [1.29, 1.82) is 0 Å². The van der Waals surface area contributed by atoms with Gasteiger partial charge in [-0.25, -0.2) is 13.4 Å². The van der Waals surface area contributed by atoms with Crippen LogP contribution in [0.3, 0.4) is 0 Å². The minimum absolute atomic E-state index is 0.0499. The average Bonchev–Trinajstić information content (AvgIpc) is 3.07. The van der Waals surface area contributed by atoms with Crippen molar-refractivity contribution < 1.29 is 13.2 Å². The predicted octanol–water partition coefficient (Wildman–Crippen LogP) is 0.263. The maximum Gasteiger partial charge on any atom is 0.260 e. The first-order valence-electron chi connectivity index (χ1n) is 7.26. The minimum Gasteiger partial charge on any atom is -0.356 e. The van der Waals surface area contributed by atoms with Gasteiger partial charge in [0.25, 0.3) is 10.0 Å². The third kappa shape index (κ3) is 2.57. The maximum atomic E-state index is 12.6. The Bertz CT molecular complexity index is 644. The number of amides is 1. The van der Waals surface area contributed by atoms with Gasteiger partial charge in [-0.05, 0) is 18.3 Å². The third-order valence-electron chi connectivity index (χ3n) is 4.54. The highest BCUT2D eigenvalue weighted by Gasteiger charge is 2.43. The summed E-state index contributed by atoms with van der Waals surface area (Å²) in [4.78, 5) is 18.3. The van der Waals surface area contributed by atoms with Gasteiger partial charge < -0.3 is 10.3 Å². The number of hydrogen-bond acceptors (Lipinski definition) is 4. The lowest BCUT2D eigenvalue weighted by atomic mass is 9.78. The fourth-order valence-corrected chi connectivity index (χ4v) is 4.47. The second-order valence-electron chi connectivity index (χ2n) is 5.91. The van der Waals surface area contributed by atoms with E-state index in [1.807, 2.05) is 6.92 Å². The number of aromatic amines is 1. The molecule has 1 aromatic heterocycles. The van der Waals surface area contributed by atoms with Gasteiger partial charge in [-0.1, -0.05) is 6.92 Å². The van der Waals surface area contributed by atoms with Crippen LogP contribution in [0.5, 0.6) is 0 Å². The first-order valence-corrected chi connectivity index (χ1v) is 8.70. The molecule has 2 saturated heterocycles. The Balaban J connectivity index is 1.72. The molecule has 3 heterocycles. The van der Waals surface area contributed by atoms with Crippen molar-refractivity contribution in [3.8, 4) is 0 Å². The average molecular weight is 312 g/mol. The molecule has 7 nitrogen and oxygen atoms in total. The summed E-state index contributed by atoms with van der Waals surface area (Å²) in [5, 5.41) is 3.02. The van der Waals surface area contributed by atoms with Crippen LogP contribution in [-0.4, -0.2) is 48.2 Å². The first kappa shape index (κ1) is 14.5. The van der Waals surface area contributed by atoms with Gasteiger partial charge in [0.15, 0.2) is 5.03 Å². The van der Waals surface area contributed by atoms with Crippen molar-refractivity contribution in [2.75, 3.05) is 19.6 Å². The second-order valence-corrected chi connectivity index (χ2v) is 7.81. The number of hydrogen-bond donors (Lipinski definition) is 2. The molecule has 1 spiro atoms. The number of piperidine rings is 1. The number of H-pyrrole nitrogens is 1. The van der Waals surface area contributed by atoms with Crippen LogP contribution >= 0.6 is 0 Å². The highest BCUT2D eigenvalue weighted by molar-refractivity contribution is 7.89. The van der Waals surface area contributed by atoms with Crippen LogP contribution in [0.25, 0.3) is 0 Å². The lowest BCUT2D eigenvalue weighted by molar-refractivity contribution is -0.119. The summed E-state index contributed by atoms with van der Waals surface area (Å²) in [6, 6.07) is 0. The molecule has 8 heteroatoms. The Morgan fingerprint density at radius 1 is 1.38 bits per heavy atom. The van der Waals surface area contributed by atoms with Gasteiger partial charge in [-0.15, -0.1) is 0 Å². The van der Waals surface area contributed by atoms with Crippen LogP contribution in [0, 0.1) is 5.41 Å². The van der Waals surface area contributed by atoms with E-state index in [1.54, 1.807) is 0 Å². The smallest absolute Gasteiger partial charge is 0.260 e. The Hall–Kier alpha value is -1.41. The van der Waals surface area contributed by atoms with E-state index in [4.69, 9.17) is 0 Å². The van der Waals surface area contributed by atoms with Crippen LogP contribution in [0.4, 0.5) is 0 Å². The highest BCUT2D eigenvalue weighted by atomic mass is 32.2. The van der Waals surface area contributed by atoms with E-state index in [2.05, 4.69) is 15.3 Å². The van der Waals surface area contributed by atoms with Gasteiger partial charge in [0, 0.05) is 32.5 Å². The van der Waals surface area contributed by atoms with E-state index in [1.165, 1.54) is 10.5 Å². The quantitative estimate of drug-likeness (QED) is 0.837. The van der Waals surface area contributed by atoms with Crippen molar-refractivity contribution >= 4 is 15.9 Å². The van der Waals surface area contributed by atoms with Gasteiger partial charge in [0.1, 0.15) is 5.82 Å². The molecule has 0 unspecified atom stereocenters. The number of sulfonamides is 1. The molecule has 2 N–H and O–H groups in total. The number of carbonyl (C=O) groups is 1. The van der Waals surface area contributed by atoms with Crippen LogP contribution < -0.4 is 5.32 Å². The first-order chi connectivity index (χ1) is 9.95. The van der Waals surface area contributed by atoms with Gasteiger partial charge >= 0.3 is 0 Å². The normalized spacial score (nSPS) is 22.6. The Morgan fingerprint density at radius 3 is 2.62 bits per heavy atom. The van der Waals surface area contributed by atoms with Crippen LogP contribution in [0.15, 0.2) is 11.2 Å². The maximum absolute atomic E-state index is 12.6. The van der Waals surface area contributed by atoms with Crippen molar-refractivity contribution in [2.45, 2.75) is 37.6 Å². The zero-order valence-electron chi connectivity index (χ0n) is 12.1. The molecule has 116 valence electrons. The molecule has 1 aromatic rings. The monoisotopic (exact) mass is 312 g/mol. The molecule has 0 aromatic carbocycles. The van der Waals surface area contributed by atoms with Crippen LogP contribution in [0.1, 0.15) is 32.0 Å². The van der Waals surface area contributed by atoms with E-state index in [-0.39, 0.29) is 16.3 Å². The molecular weight excluding hydrogens is 292 g/mol. The lowest BCUT2D eigenvalue weighted by Gasteiger charge is -2.37. The number of aromatic nitrogens is 2. The van der Waals surface area contributed by atoms with E-state index in [0.29, 0.717) is 38.3 Å². The van der Waals surface area contributed by atoms with E-state index in [9.17, 15) is 13.2 Å². The van der Waals surface area contributed by atoms with Crippen molar-refractivity contribution in [3.63, 3.8) is 0 Å². The molecule has 2 aliphatic rings. The molecule has 2 aliphatic heterocycles. The number of aryl methyl sites for hydroxylation is 1. The molecule has 0 atom stereocenters. The van der Waals surface area contributed by atoms with E-state index in [0.717, 1.165) is 12.8 Å². The molecule has 1 amide bonds.